The summed E-state index contributed by atoms with van der Waals surface area (Å²) >= 11 is 5.79. The van der Waals surface area contributed by atoms with Crippen molar-refractivity contribution in [1.82, 2.24) is 4.98 Å². The highest BCUT2D eigenvalue weighted by molar-refractivity contribution is 6.33. The minimum Gasteiger partial charge on any atom is -0.476 e. The number of hydrogen-bond donors (Lipinski definition) is 1. The summed E-state index contributed by atoms with van der Waals surface area (Å²) in [6, 6.07) is 12.1. The summed E-state index contributed by atoms with van der Waals surface area (Å²) in [6.07, 6.45) is 0. The van der Waals surface area contributed by atoms with Gasteiger partial charge < -0.3 is 10.0 Å². The highest BCUT2D eigenvalue weighted by Crippen LogP contribution is 2.27. The molecule has 0 fully saturated rings. The third-order valence-electron chi connectivity index (χ3n) is 2.76. The molecular formula is C14H10ClN3O2. The maximum absolute atomic E-state index is 11.0. The molecule has 2 aromatic rings. The second-order valence-electron chi connectivity index (χ2n) is 3.99. The van der Waals surface area contributed by atoms with E-state index in [1.165, 1.54) is 6.07 Å². The smallest absolute Gasteiger partial charge is 0.356 e. The number of benzene rings is 1. The number of rotatable bonds is 3. The lowest BCUT2D eigenvalue weighted by molar-refractivity contribution is 0.0691. The Bertz CT molecular complexity index is 710. The molecule has 1 heterocycles. The Morgan fingerprint density at radius 2 is 2.05 bits per heavy atom. The number of carbonyl (C=O) groups is 1. The van der Waals surface area contributed by atoms with Gasteiger partial charge in [-0.2, -0.15) is 5.26 Å². The van der Waals surface area contributed by atoms with Crippen LogP contribution in [-0.2, 0) is 0 Å². The second kappa shape index (κ2) is 5.59. The molecule has 2 rings (SSSR count). The van der Waals surface area contributed by atoms with Crippen LogP contribution in [0.1, 0.15) is 16.1 Å². The summed E-state index contributed by atoms with van der Waals surface area (Å²) in [5, 5.41) is 18.2. The zero-order valence-corrected chi connectivity index (χ0v) is 11.3. The van der Waals surface area contributed by atoms with Crippen LogP contribution in [0.3, 0.4) is 0 Å². The van der Waals surface area contributed by atoms with Gasteiger partial charge in [-0.05, 0) is 24.3 Å². The summed E-state index contributed by atoms with van der Waals surface area (Å²) in [5.41, 5.74) is 0.898. The SMILES string of the molecule is CN(c1ccc(Cl)c(C(=O)O)n1)c1ccccc1C#N. The van der Waals surface area contributed by atoms with Crippen molar-refractivity contribution in [3.8, 4) is 6.07 Å². The Kier molecular flexibility index (Phi) is 3.87. The molecule has 0 unspecified atom stereocenters. The van der Waals surface area contributed by atoms with Crippen LogP contribution in [-0.4, -0.2) is 23.1 Å². The molecule has 0 aliphatic heterocycles. The van der Waals surface area contributed by atoms with Crippen molar-refractivity contribution in [3.63, 3.8) is 0 Å². The molecule has 100 valence electrons. The zero-order chi connectivity index (χ0) is 14.7. The number of aromatic carboxylic acids is 1. The van der Waals surface area contributed by atoms with Crippen LogP contribution in [0, 0.1) is 11.3 Å². The number of aromatic nitrogens is 1. The van der Waals surface area contributed by atoms with Crippen LogP contribution >= 0.6 is 11.6 Å². The van der Waals surface area contributed by atoms with Crippen LogP contribution in [0.25, 0.3) is 0 Å². The largest absolute Gasteiger partial charge is 0.476 e. The fraction of sp³-hybridized carbons (Fsp3) is 0.0714. The van der Waals surface area contributed by atoms with Crippen LogP contribution < -0.4 is 4.90 Å². The highest BCUT2D eigenvalue weighted by atomic mass is 35.5. The lowest BCUT2D eigenvalue weighted by atomic mass is 10.2. The van der Waals surface area contributed by atoms with Gasteiger partial charge in [0.25, 0.3) is 0 Å². The van der Waals surface area contributed by atoms with Gasteiger partial charge in [0.2, 0.25) is 0 Å². The number of nitrogens with zero attached hydrogens (tertiary/aromatic N) is 3. The number of para-hydroxylation sites is 1. The second-order valence-corrected chi connectivity index (χ2v) is 4.40. The Labute approximate surface area is 120 Å². The van der Waals surface area contributed by atoms with Gasteiger partial charge in [-0.15, -0.1) is 0 Å². The molecule has 0 saturated heterocycles. The first kappa shape index (κ1) is 13.8. The molecule has 0 saturated carbocycles. The van der Waals surface area contributed by atoms with Crippen LogP contribution in [0.5, 0.6) is 0 Å². The van der Waals surface area contributed by atoms with Gasteiger partial charge >= 0.3 is 5.97 Å². The predicted molar refractivity (Wildman–Crippen MR) is 75.4 cm³/mol. The molecule has 0 radical (unpaired) electrons. The standard InChI is InChI=1S/C14H10ClN3O2/c1-18(11-5-3-2-4-9(11)8-16)12-7-6-10(15)13(17-12)14(19)20/h2-7H,1H3,(H,19,20). The minimum absolute atomic E-state index is 0.0724. The topological polar surface area (TPSA) is 77.2 Å². The summed E-state index contributed by atoms with van der Waals surface area (Å²) in [4.78, 5) is 16.7. The lowest BCUT2D eigenvalue weighted by Gasteiger charge is -2.19. The summed E-state index contributed by atoms with van der Waals surface area (Å²) in [6.45, 7) is 0. The summed E-state index contributed by atoms with van der Waals surface area (Å²) in [5.74, 6) is -0.798. The van der Waals surface area contributed by atoms with Crippen molar-refractivity contribution in [1.29, 1.82) is 5.26 Å². The number of pyridine rings is 1. The van der Waals surface area contributed by atoms with E-state index in [1.54, 1.807) is 42.3 Å². The highest BCUT2D eigenvalue weighted by Gasteiger charge is 2.15. The van der Waals surface area contributed by atoms with E-state index >= 15 is 0 Å². The first-order chi connectivity index (χ1) is 9.54. The van der Waals surface area contributed by atoms with Gasteiger partial charge in [0, 0.05) is 7.05 Å². The molecule has 0 aliphatic rings. The van der Waals surface area contributed by atoms with Crippen molar-refractivity contribution in [2.45, 2.75) is 0 Å². The average Bonchev–Trinajstić information content (AvgIpc) is 2.46. The van der Waals surface area contributed by atoms with E-state index in [2.05, 4.69) is 11.1 Å². The van der Waals surface area contributed by atoms with E-state index in [1.807, 2.05) is 0 Å². The first-order valence-electron chi connectivity index (χ1n) is 5.67. The maximum Gasteiger partial charge on any atom is 0.356 e. The minimum atomic E-state index is -1.20. The van der Waals surface area contributed by atoms with Gasteiger partial charge in [0.15, 0.2) is 5.69 Å². The van der Waals surface area contributed by atoms with Gasteiger partial charge in [-0.3, -0.25) is 0 Å². The van der Waals surface area contributed by atoms with E-state index in [0.717, 1.165) is 0 Å². The zero-order valence-electron chi connectivity index (χ0n) is 10.5. The number of anilines is 2. The monoisotopic (exact) mass is 287 g/mol. The molecular weight excluding hydrogens is 278 g/mol. The average molecular weight is 288 g/mol. The fourth-order valence-corrected chi connectivity index (χ4v) is 1.94. The fourth-order valence-electron chi connectivity index (χ4n) is 1.75. The first-order valence-corrected chi connectivity index (χ1v) is 6.05. The number of nitriles is 1. The van der Waals surface area contributed by atoms with Gasteiger partial charge in [-0.1, -0.05) is 23.7 Å². The van der Waals surface area contributed by atoms with Crippen molar-refractivity contribution in [3.05, 3.63) is 52.7 Å². The van der Waals surface area contributed by atoms with Gasteiger partial charge in [0.05, 0.1) is 16.3 Å². The molecule has 0 atom stereocenters. The molecule has 20 heavy (non-hydrogen) atoms. The molecule has 0 bridgehead atoms. The van der Waals surface area contributed by atoms with Crippen LogP contribution in [0.4, 0.5) is 11.5 Å². The summed E-state index contributed by atoms with van der Waals surface area (Å²) < 4.78 is 0. The van der Waals surface area contributed by atoms with Crippen molar-refractivity contribution in [2.75, 3.05) is 11.9 Å². The van der Waals surface area contributed by atoms with E-state index in [-0.39, 0.29) is 10.7 Å². The maximum atomic E-state index is 11.0. The van der Waals surface area contributed by atoms with E-state index in [9.17, 15) is 4.79 Å². The quantitative estimate of drug-likeness (QED) is 0.938. The summed E-state index contributed by atoms with van der Waals surface area (Å²) in [7, 11) is 1.71. The number of carboxylic acids is 1. The Hall–Kier alpha value is -2.58. The van der Waals surface area contributed by atoms with Crippen LogP contribution in [0.15, 0.2) is 36.4 Å². The van der Waals surface area contributed by atoms with E-state index in [0.29, 0.717) is 17.1 Å². The number of carboxylic acid groups (broad SMARTS) is 1. The molecule has 5 nitrogen and oxygen atoms in total. The van der Waals surface area contributed by atoms with Crippen LogP contribution in [0.2, 0.25) is 5.02 Å². The van der Waals surface area contributed by atoms with Gasteiger partial charge in [0.1, 0.15) is 11.9 Å². The Morgan fingerprint density at radius 3 is 2.70 bits per heavy atom. The number of hydrogen-bond acceptors (Lipinski definition) is 4. The molecule has 0 spiro atoms. The predicted octanol–water partition coefficient (Wildman–Crippen LogP) is 3.07. The van der Waals surface area contributed by atoms with E-state index < -0.39 is 5.97 Å². The molecule has 0 aliphatic carbocycles. The Balaban J connectivity index is 2.49. The van der Waals surface area contributed by atoms with Crippen molar-refractivity contribution in [2.24, 2.45) is 0 Å². The normalized spacial score (nSPS) is 9.85. The Morgan fingerprint density at radius 1 is 1.35 bits per heavy atom. The van der Waals surface area contributed by atoms with E-state index in [4.69, 9.17) is 22.0 Å². The molecule has 6 heteroatoms. The third-order valence-corrected chi connectivity index (χ3v) is 3.07. The van der Waals surface area contributed by atoms with Gasteiger partial charge in [-0.25, -0.2) is 9.78 Å². The number of halogens is 1. The molecule has 1 aromatic carbocycles. The molecule has 0 amide bonds. The lowest BCUT2D eigenvalue weighted by Crippen LogP contribution is -2.14. The van der Waals surface area contributed by atoms with Crippen molar-refractivity contribution >= 4 is 29.1 Å². The third kappa shape index (κ3) is 2.56. The molecule has 1 N–H and O–H groups in total. The van der Waals surface area contributed by atoms with Crippen molar-refractivity contribution < 1.29 is 9.90 Å². The molecule has 1 aromatic heterocycles.